The number of aromatic nitrogens is 3. The molecule has 0 saturated carbocycles. The molecule has 0 aliphatic carbocycles. The molecule has 1 saturated heterocycles. The number of hydrogen-bond donors (Lipinski definition) is 1. The van der Waals surface area contributed by atoms with Gasteiger partial charge in [0.25, 0.3) is 0 Å². The van der Waals surface area contributed by atoms with Crippen molar-refractivity contribution in [2.24, 2.45) is 5.73 Å². The maximum atomic E-state index is 6.09. The first-order chi connectivity index (χ1) is 8.75. The van der Waals surface area contributed by atoms with Crippen molar-refractivity contribution >= 4 is 0 Å². The van der Waals surface area contributed by atoms with Crippen LogP contribution in [0.2, 0.25) is 0 Å². The molecule has 2 aliphatic rings. The van der Waals surface area contributed by atoms with Gasteiger partial charge in [0, 0.05) is 19.0 Å². The van der Waals surface area contributed by atoms with E-state index in [9.17, 15) is 0 Å². The quantitative estimate of drug-likeness (QED) is 0.852. The number of hydrogen-bond acceptors (Lipinski definition) is 4. The molecule has 1 aromatic heterocycles. The molecule has 5 heteroatoms. The summed E-state index contributed by atoms with van der Waals surface area (Å²) < 4.78 is 2.26. The van der Waals surface area contributed by atoms with E-state index < -0.39 is 0 Å². The van der Waals surface area contributed by atoms with Gasteiger partial charge in [-0.1, -0.05) is 6.42 Å². The molecule has 2 atom stereocenters. The highest BCUT2D eigenvalue weighted by atomic mass is 15.3. The molecule has 2 N–H and O–H groups in total. The van der Waals surface area contributed by atoms with Crippen molar-refractivity contribution in [1.29, 1.82) is 0 Å². The Morgan fingerprint density at radius 3 is 2.89 bits per heavy atom. The zero-order valence-corrected chi connectivity index (χ0v) is 11.2. The fraction of sp³-hybridized carbons (Fsp3) is 0.846. The second-order valence-electron chi connectivity index (χ2n) is 5.71. The predicted molar refractivity (Wildman–Crippen MR) is 70.2 cm³/mol. The fourth-order valence-corrected chi connectivity index (χ4v) is 3.23. The summed E-state index contributed by atoms with van der Waals surface area (Å²) in [6.07, 6.45) is 7.17. The zero-order valence-electron chi connectivity index (χ0n) is 11.2. The van der Waals surface area contributed by atoms with Gasteiger partial charge < -0.3 is 15.2 Å². The minimum absolute atomic E-state index is 0.0871. The van der Waals surface area contributed by atoms with Crippen molar-refractivity contribution in [3.05, 3.63) is 11.6 Å². The predicted octanol–water partition coefficient (Wildman–Crippen LogP) is 1.10. The van der Waals surface area contributed by atoms with E-state index in [-0.39, 0.29) is 6.04 Å². The van der Waals surface area contributed by atoms with Crippen LogP contribution in [0.25, 0.3) is 0 Å². The van der Waals surface area contributed by atoms with Crippen LogP contribution in [0.1, 0.15) is 49.8 Å². The van der Waals surface area contributed by atoms with Crippen molar-refractivity contribution in [3.63, 3.8) is 0 Å². The Labute approximate surface area is 108 Å². The SMILES string of the molecule is CN1CCCCC1Cc1nnc2n1CCCC2N. The average Bonchev–Trinajstić information content (AvgIpc) is 2.77. The van der Waals surface area contributed by atoms with Crippen molar-refractivity contribution in [3.8, 4) is 0 Å². The Balaban J connectivity index is 1.76. The van der Waals surface area contributed by atoms with E-state index >= 15 is 0 Å². The zero-order chi connectivity index (χ0) is 12.5. The van der Waals surface area contributed by atoms with Gasteiger partial charge in [0.15, 0.2) is 0 Å². The van der Waals surface area contributed by atoms with E-state index in [0.717, 1.165) is 37.5 Å². The minimum atomic E-state index is 0.0871. The summed E-state index contributed by atoms with van der Waals surface area (Å²) in [6.45, 7) is 2.26. The van der Waals surface area contributed by atoms with Gasteiger partial charge in [-0.3, -0.25) is 0 Å². The molecule has 0 bridgehead atoms. The Hall–Kier alpha value is -0.940. The lowest BCUT2D eigenvalue weighted by Gasteiger charge is -2.32. The number of likely N-dealkylation sites (N-methyl/N-ethyl adjacent to an activating group) is 1. The maximum absolute atomic E-state index is 6.09. The fourth-order valence-electron chi connectivity index (χ4n) is 3.23. The smallest absolute Gasteiger partial charge is 0.149 e. The van der Waals surface area contributed by atoms with Crippen molar-refractivity contribution in [1.82, 2.24) is 19.7 Å². The normalized spacial score (nSPS) is 29.2. The summed E-state index contributed by atoms with van der Waals surface area (Å²) in [5.74, 6) is 2.13. The first kappa shape index (κ1) is 12.1. The van der Waals surface area contributed by atoms with E-state index in [1.165, 1.54) is 25.8 Å². The summed E-state index contributed by atoms with van der Waals surface area (Å²) in [5.41, 5.74) is 6.09. The number of fused-ring (bicyclic) bond motifs is 1. The maximum Gasteiger partial charge on any atom is 0.149 e. The summed E-state index contributed by atoms with van der Waals surface area (Å²) in [6, 6.07) is 0.717. The Bertz CT molecular complexity index is 414. The van der Waals surface area contributed by atoms with Crippen LogP contribution >= 0.6 is 0 Å². The van der Waals surface area contributed by atoms with Crippen molar-refractivity contribution in [2.75, 3.05) is 13.6 Å². The van der Waals surface area contributed by atoms with Crippen molar-refractivity contribution in [2.45, 2.75) is 57.2 Å². The van der Waals surface area contributed by atoms with E-state index in [1.807, 2.05) is 0 Å². The number of nitrogens with two attached hydrogens (primary N) is 1. The second-order valence-corrected chi connectivity index (χ2v) is 5.71. The van der Waals surface area contributed by atoms with E-state index in [4.69, 9.17) is 5.73 Å². The summed E-state index contributed by atoms with van der Waals surface area (Å²) in [4.78, 5) is 2.47. The third-order valence-electron chi connectivity index (χ3n) is 4.42. The van der Waals surface area contributed by atoms with Gasteiger partial charge in [-0.2, -0.15) is 0 Å². The number of likely N-dealkylation sites (tertiary alicyclic amines) is 1. The van der Waals surface area contributed by atoms with Gasteiger partial charge in [-0.15, -0.1) is 10.2 Å². The Morgan fingerprint density at radius 1 is 1.17 bits per heavy atom. The average molecular weight is 249 g/mol. The van der Waals surface area contributed by atoms with Crippen LogP contribution in [0.4, 0.5) is 0 Å². The lowest BCUT2D eigenvalue weighted by atomic mass is 9.99. The minimum Gasteiger partial charge on any atom is -0.321 e. The van der Waals surface area contributed by atoms with E-state index in [1.54, 1.807) is 0 Å². The lowest BCUT2D eigenvalue weighted by Crippen LogP contribution is -2.38. The third kappa shape index (κ3) is 2.17. The lowest BCUT2D eigenvalue weighted by molar-refractivity contribution is 0.181. The molecule has 1 aromatic rings. The molecule has 3 rings (SSSR count). The molecule has 2 aliphatic heterocycles. The van der Waals surface area contributed by atoms with Crippen LogP contribution in [-0.2, 0) is 13.0 Å². The van der Waals surface area contributed by atoms with Gasteiger partial charge >= 0.3 is 0 Å². The summed E-state index contributed by atoms with van der Waals surface area (Å²) in [5, 5.41) is 8.68. The number of rotatable bonds is 2. The molecule has 0 spiro atoms. The number of piperidine rings is 1. The van der Waals surface area contributed by atoms with Crippen LogP contribution in [0.3, 0.4) is 0 Å². The molecule has 0 radical (unpaired) electrons. The largest absolute Gasteiger partial charge is 0.321 e. The molecular formula is C13H23N5. The summed E-state index contributed by atoms with van der Waals surface area (Å²) >= 11 is 0. The molecule has 5 nitrogen and oxygen atoms in total. The molecule has 100 valence electrons. The third-order valence-corrected chi connectivity index (χ3v) is 4.42. The van der Waals surface area contributed by atoms with Crippen LogP contribution < -0.4 is 5.73 Å². The highest BCUT2D eigenvalue weighted by Crippen LogP contribution is 2.24. The first-order valence-corrected chi connectivity index (χ1v) is 7.13. The first-order valence-electron chi connectivity index (χ1n) is 7.13. The van der Waals surface area contributed by atoms with Gasteiger partial charge in [-0.05, 0) is 39.3 Å². The molecule has 0 aromatic carbocycles. The van der Waals surface area contributed by atoms with Gasteiger partial charge in [-0.25, -0.2) is 0 Å². The highest BCUT2D eigenvalue weighted by Gasteiger charge is 2.26. The topological polar surface area (TPSA) is 60.0 Å². The van der Waals surface area contributed by atoms with Gasteiger partial charge in [0.2, 0.25) is 0 Å². The van der Waals surface area contributed by atoms with Crippen LogP contribution in [0, 0.1) is 0 Å². The molecule has 3 heterocycles. The van der Waals surface area contributed by atoms with Crippen LogP contribution in [0.5, 0.6) is 0 Å². The van der Waals surface area contributed by atoms with E-state index in [0.29, 0.717) is 6.04 Å². The number of nitrogens with zero attached hydrogens (tertiary/aromatic N) is 4. The standard InChI is InChI=1S/C13H23N5/c1-17-7-3-2-5-10(17)9-12-15-16-13-11(14)6-4-8-18(12)13/h10-11H,2-9,14H2,1H3. The molecule has 2 unspecified atom stereocenters. The molecule has 1 fully saturated rings. The molecular weight excluding hydrogens is 226 g/mol. The Morgan fingerprint density at radius 2 is 2.06 bits per heavy atom. The van der Waals surface area contributed by atoms with Crippen LogP contribution in [-0.4, -0.2) is 39.3 Å². The van der Waals surface area contributed by atoms with Crippen molar-refractivity contribution < 1.29 is 0 Å². The van der Waals surface area contributed by atoms with E-state index in [2.05, 4.69) is 26.7 Å². The highest BCUT2D eigenvalue weighted by molar-refractivity contribution is 5.05. The van der Waals surface area contributed by atoms with Crippen LogP contribution in [0.15, 0.2) is 0 Å². The van der Waals surface area contributed by atoms with Gasteiger partial charge in [0.1, 0.15) is 11.6 Å². The monoisotopic (exact) mass is 249 g/mol. The molecule has 18 heavy (non-hydrogen) atoms. The molecule has 0 amide bonds. The second kappa shape index (κ2) is 4.97. The Kier molecular flexibility index (Phi) is 3.35. The summed E-state index contributed by atoms with van der Waals surface area (Å²) in [7, 11) is 2.23. The van der Waals surface area contributed by atoms with Gasteiger partial charge in [0.05, 0.1) is 6.04 Å².